The number of benzene rings is 1. The first-order chi connectivity index (χ1) is 13.0. The summed E-state index contributed by atoms with van der Waals surface area (Å²) >= 11 is 9.90. The van der Waals surface area contributed by atoms with E-state index in [1.807, 2.05) is 35.7 Å². The Morgan fingerprint density at radius 2 is 2.19 bits per heavy atom. The van der Waals surface area contributed by atoms with E-state index in [-0.39, 0.29) is 18.0 Å². The van der Waals surface area contributed by atoms with Crippen LogP contribution in [0.5, 0.6) is 0 Å². The van der Waals surface area contributed by atoms with Crippen LogP contribution in [-0.4, -0.2) is 28.6 Å². The summed E-state index contributed by atoms with van der Waals surface area (Å²) in [6.45, 7) is 2.02. The number of halogens is 2. The molecule has 0 aliphatic heterocycles. The molecule has 0 amide bonds. The Morgan fingerprint density at radius 3 is 2.85 bits per heavy atom. The van der Waals surface area contributed by atoms with E-state index in [1.54, 1.807) is 6.92 Å². The first-order valence-electron chi connectivity index (χ1n) is 8.57. The van der Waals surface area contributed by atoms with Crippen molar-refractivity contribution in [1.82, 2.24) is 9.97 Å². The van der Waals surface area contributed by atoms with E-state index in [4.69, 9.17) is 21.1 Å². The zero-order valence-corrected chi connectivity index (χ0v) is 18.2. The summed E-state index contributed by atoms with van der Waals surface area (Å²) in [4.78, 5) is 22.9. The molecule has 27 heavy (non-hydrogen) atoms. The molecule has 1 saturated carbocycles. The van der Waals surface area contributed by atoms with Crippen molar-refractivity contribution < 1.29 is 14.3 Å². The van der Waals surface area contributed by atoms with E-state index >= 15 is 0 Å². The smallest absolute Gasteiger partial charge is 0.350 e. The lowest BCUT2D eigenvalue weighted by Gasteiger charge is -2.31. The molecular weight excluding hydrogens is 499 g/mol. The highest BCUT2D eigenvalue weighted by atomic mass is 127. The van der Waals surface area contributed by atoms with Gasteiger partial charge in [-0.3, -0.25) is 0 Å². The fourth-order valence-corrected chi connectivity index (χ4v) is 4.49. The van der Waals surface area contributed by atoms with Gasteiger partial charge in [0.15, 0.2) is 0 Å². The lowest BCUT2D eigenvalue weighted by molar-refractivity contribution is -0.169. The van der Waals surface area contributed by atoms with Gasteiger partial charge in [-0.1, -0.05) is 6.07 Å². The first kappa shape index (κ1) is 19.0. The number of rotatable bonds is 6. The lowest BCUT2D eigenvalue weighted by atomic mass is 9.93. The van der Waals surface area contributed by atoms with E-state index in [1.165, 1.54) is 11.3 Å². The number of fused-ring (bicyclic) bond motifs is 1. The van der Waals surface area contributed by atoms with Crippen molar-refractivity contribution in [3.05, 3.63) is 55.1 Å². The normalized spacial score (nSPS) is 16.3. The van der Waals surface area contributed by atoms with Crippen molar-refractivity contribution >= 4 is 62.4 Å². The van der Waals surface area contributed by atoms with Gasteiger partial charge in [0.25, 0.3) is 0 Å². The number of hydrogen-bond donors (Lipinski definition) is 0. The van der Waals surface area contributed by atoms with Crippen LogP contribution in [0.4, 0.5) is 0 Å². The molecule has 5 nitrogen and oxygen atoms in total. The number of hydrogen-bond acceptors (Lipinski definition) is 6. The predicted octanol–water partition coefficient (Wildman–Crippen LogP) is 4.94. The van der Waals surface area contributed by atoms with Crippen molar-refractivity contribution in [2.24, 2.45) is 0 Å². The van der Waals surface area contributed by atoms with Gasteiger partial charge in [0.1, 0.15) is 5.69 Å². The zero-order chi connectivity index (χ0) is 19.0. The fourth-order valence-electron chi connectivity index (χ4n) is 2.96. The van der Waals surface area contributed by atoms with Gasteiger partial charge in [-0.2, -0.15) is 0 Å². The van der Waals surface area contributed by atoms with Gasteiger partial charge in [0, 0.05) is 8.96 Å². The lowest BCUT2D eigenvalue weighted by Crippen LogP contribution is -2.42. The van der Waals surface area contributed by atoms with Gasteiger partial charge in [-0.25, -0.2) is 14.8 Å². The largest absolute Gasteiger partial charge is 0.463 e. The molecule has 1 aliphatic rings. The van der Waals surface area contributed by atoms with Crippen LogP contribution in [0.2, 0.25) is 5.28 Å². The second-order valence-electron chi connectivity index (χ2n) is 6.20. The number of nitrogens with zero attached hydrogens (tertiary/aromatic N) is 2. The highest BCUT2D eigenvalue weighted by molar-refractivity contribution is 14.1. The Balaban J connectivity index is 2.05. The monoisotopic (exact) mass is 514 g/mol. The van der Waals surface area contributed by atoms with Gasteiger partial charge in [-0.15, -0.1) is 11.3 Å². The first-order valence-corrected chi connectivity index (χ1v) is 10.9. The second-order valence-corrected chi connectivity index (χ2v) is 8.73. The number of ether oxygens (including phenoxy) is 2. The third kappa shape index (κ3) is 3.57. The van der Waals surface area contributed by atoms with Crippen molar-refractivity contribution in [2.45, 2.75) is 31.5 Å². The number of esters is 1. The average Bonchev–Trinajstić information content (AvgIpc) is 3.29. The summed E-state index contributed by atoms with van der Waals surface area (Å²) in [7, 11) is 0. The molecule has 3 aromatic rings. The number of thiophene rings is 1. The van der Waals surface area contributed by atoms with E-state index in [2.05, 4.69) is 32.6 Å². The molecule has 1 unspecified atom stereocenters. The molecule has 1 atom stereocenters. The van der Waals surface area contributed by atoms with Crippen molar-refractivity contribution in [3.63, 3.8) is 0 Å². The molecule has 0 radical (unpaired) electrons. The maximum Gasteiger partial charge on any atom is 0.350 e. The van der Waals surface area contributed by atoms with Gasteiger partial charge < -0.3 is 9.47 Å². The summed E-state index contributed by atoms with van der Waals surface area (Å²) < 4.78 is 12.9. The molecular formula is C19H16ClIN2O3S. The maximum atomic E-state index is 13.3. The van der Waals surface area contributed by atoms with Crippen LogP contribution in [0.25, 0.3) is 10.9 Å². The minimum Gasteiger partial charge on any atom is -0.463 e. The Bertz CT molecular complexity index is 994. The predicted molar refractivity (Wildman–Crippen MR) is 113 cm³/mol. The third-order valence-corrected chi connectivity index (χ3v) is 6.07. The molecule has 8 heteroatoms. The molecule has 1 aliphatic carbocycles. The topological polar surface area (TPSA) is 61.3 Å². The molecule has 0 N–H and O–H groups in total. The van der Waals surface area contributed by atoms with Crippen LogP contribution in [0.15, 0.2) is 35.7 Å². The highest BCUT2D eigenvalue weighted by Gasteiger charge is 2.52. The maximum absolute atomic E-state index is 13.3. The van der Waals surface area contributed by atoms with Gasteiger partial charge in [0.05, 0.1) is 23.1 Å². The summed E-state index contributed by atoms with van der Waals surface area (Å²) in [5.41, 5.74) is -0.362. The molecule has 4 rings (SSSR count). The van der Waals surface area contributed by atoms with E-state index in [0.29, 0.717) is 11.2 Å². The Kier molecular flexibility index (Phi) is 5.37. The quantitative estimate of drug-likeness (QED) is 0.265. The fraction of sp³-hybridized carbons (Fsp3) is 0.316. The Morgan fingerprint density at radius 1 is 1.37 bits per heavy atom. The standard InChI is InChI=1S/C19H16ClIN2O3S/c1-2-25-17(24)19(26-12-6-7-12,15-4-3-9-27-15)16-13-10-11(21)5-8-14(13)22-18(20)23-16/h3-5,8-10,12H,2,6-7H2,1H3. The molecule has 0 bridgehead atoms. The summed E-state index contributed by atoms with van der Waals surface area (Å²) in [6.07, 6.45) is 1.80. The SMILES string of the molecule is CCOC(=O)C(OC1CC1)(c1cccs1)c1nc(Cl)nc2ccc(I)cc12. The van der Waals surface area contributed by atoms with E-state index in [0.717, 1.165) is 26.7 Å². The van der Waals surface area contributed by atoms with Crippen LogP contribution < -0.4 is 0 Å². The van der Waals surface area contributed by atoms with Crippen LogP contribution in [0.3, 0.4) is 0 Å². The summed E-state index contributed by atoms with van der Waals surface area (Å²) in [5, 5.41) is 2.71. The minimum absolute atomic E-state index is 0.0110. The highest BCUT2D eigenvalue weighted by Crippen LogP contribution is 2.44. The van der Waals surface area contributed by atoms with Crippen LogP contribution in [0, 0.1) is 3.57 Å². The molecule has 140 valence electrons. The molecule has 0 spiro atoms. The summed E-state index contributed by atoms with van der Waals surface area (Å²) in [5.74, 6) is -0.478. The Labute approximate surface area is 179 Å². The van der Waals surface area contributed by atoms with Crippen molar-refractivity contribution in [3.8, 4) is 0 Å². The molecule has 1 fully saturated rings. The zero-order valence-electron chi connectivity index (χ0n) is 14.4. The third-order valence-electron chi connectivity index (χ3n) is 4.26. The van der Waals surface area contributed by atoms with E-state index < -0.39 is 11.6 Å². The number of carbonyl (C=O) groups excluding carboxylic acids is 1. The van der Waals surface area contributed by atoms with Crippen LogP contribution >= 0.6 is 45.5 Å². The second kappa shape index (κ2) is 7.62. The van der Waals surface area contributed by atoms with Crippen molar-refractivity contribution in [1.29, 1.82) is 0 Å². The molecule has 2 aromatic heterocycles. The Hall–Kier alpha value is -1.29. The number of carbonyl (C=O) groups is 1. The molecule has 2 heterocycles. The minimum atomic E-state index is -1.46. The molecule has 0 saturated heterocycles. The van der Waals surface area contributed by atoms with Crippen LogP contribution in [0.1, 0.15) is 30.3 Å². The summed E-state index contributed by atoms with van der Waals surface area (Å²) in [6, 6.07) is 9.52. The van der Waals surface area contributed by atoms with E-state index in [9.17, 15) is 4.79 Å². The van der Waals surface area contributed by atoms with Gasteiger partial charge in [-0.05, 0) is 83.6 Å². The molecule has 1 aromatic carbocycles. The van der Waals surface area contributed by atoms with Gasteiger partial charge >= 0.3 is 5.97 Å². The number of aromatic nitrogens is 2. The van der Waals surface area contributed by atoms with Crippen LogP contribution in [-0.2, 0) is 19.9 Å². The van der Waals surface area contributed by atoms with Gasteiger partial charge in [0.2, 0.25) is 10.9 Å². The average molecular weight is 515 g/mol. The van der Waals surface area contributed by atoms with Crippen molar-refractivity contribution in [2.75, 3.05) is 6.61 Å².